The Hall–Kier alpha value is -3.07. The molecule has 0 saturated heterocycles. The summed E-state index contributed by atoms with van der Waals surface area (Å²) in [6.07, 6.45) is -0.818. The molecule has 0 atom stereocenters. The maximum absolute atomic E-state index is 13.7. The van der Waals surface area contributed by atoms with Gasteiger partial charge in [-0.15, -0.1) is 11.3 Å². The minimum atomic E-state index is -0.818. The van der Waals surface area contributed by atoms with E-state index in [1.807, 2.05) is 0 Å². The monoisotopic (exact) mass is 362 g/mol. The molecular weight excluding hydrogens is 350 g/mol. The van der Waals surface area contributed by atoms with Gasteiger partial charge in [0.25, 0.3) is 5.88 Å². The maximum atomic E-state index is 13.7. The van der Waals surface area contributed by atoms with Crippen LogP contribution in [0.2, 0.25) is 0 Å². The molecule has 0 aliphatic carbocycles. The number of aryl methyl sites for hydroxylation is 1. The molecule has 0 saturated carbocycles. The average Bonchev–Trinajstić information content (AvgIpc) is 2.98. The quantitative estimate of drug-likeness (QED) is 0.716. The van der Waals surface area contributed by atoms with Crippen molar-refractivity contribution >= 4 is 33.9 Å². The summed E-state index contributed by atoms with van der Waals surface area (Å²) in [4.78, 5) is 19.9. The van der Waals surface area contributed by atoms with Gasteiger partial charge in [-0.1, -0.05) is 12.1 Å². The normalized spacial score (nSPS) is 10.4. The number of benzene rings is 1. The van der Waals surface area contributed by atoms with Crippen LogP contribution in [0.1, 0.15) is 5.69 Å². The number of hydrogen-bond acceptors (Lipinski definition) is 6. The molecule has 128 valence electrons. The van der Waals surface area contributed by atoms with Gasteiger partial charge in [-0.25, -0.2) is 23.5 Å². The molecule has 1 aromatic carbocycles. The van der Waals surface area contributed by atoms with Crippen molar-refractivity contribution in [3.63, 3.8) is 0 Å². The fraction of sp³-hybridized carbons (Fsp3) is 0.0625. The van der Waals surface area contributed by atoms with Gasteiger partial charge >= 0.3 is 6.09 Å². The van der Waals surface area contributed by atoms with Crippen molar-refractivity contribution in [2.75, 3.05) is 10.6 Å². The first kappa shape index (κ1) is 16.8. The molecule has 0 aliphatic rings. The standard InChI is InChI=1S/C16H12F2N4O2S/c1-9-4-2-7-12(20-9)21-16(23)24-14-15(25-8-19-14)22-13-10(17)5-3-6-11(13)18/h2-8,22H,1H3,(H,20,21,23). The van der Waals surface area contributed by atoms with Crippen LogP contribution >= 0.6 is 11.3 Å². The van der Waals surface area contributed by atoms with Gasteiger partial charge < -0.3 is 10.1 Å². The van der Waals surface area contributed by atoms with Crippen molar-refractivity contribution in [2.45, 2.75) is 6.92 Å². The topological polar surface area (TPSA) is 76.1 Å². The van der Waals surface area contributed by atoms with E-state index >= 15 is 0 Å². The van der Waals surface area contributed by atoms with E-state index in [9.17, 15) is 13.6 Å². The van der Waals surface area contributed by atoms with E-state index in [-0.39, 0.29) is 16.6 Å². The van der Waals surface area contributed by atoms with Gasteiger partial charge in [-0.3, -0.25) is 5.32 Å². The number of nitrogens with zero attached hydrogens (tertiary/aromatic N) is 2. The third kappa shape index (κ3) is 4.07. The predicted molar refractivity (Wildman–Crippen MR) is 90.4 cm³/mol. The van der Waals surface area contributed by atoms with Gasteiger partial charge in [0.1, 0.15) is 23.1 Å². The van der Waals surface area contributed by atoms with Crippen LogP contribution in [0.5, 0.6) is 5.88 Å². The molecule has 2 N–H and O–H groups in total. The highest BCUT2D eigenvalue weighted by Crippen LogP contribution is 2.33. The lowest BCUT2D eigenvalue weighted by Crippen LogP contribution is -2.18. The number of carbonyl (C=O) groups excluding carboxylic acids is 1. The number of rotatable bonds is 4. The number of nitrogens with one attached hydrogen (secondary N) is 2. The summed E-state index contributed by atoms with van der Waals surface area (Å²) in [6, 6.07) is 8.59. The highest BCUT2D eigenvalue weighted by molar-refractivity contribution is 7.14. The Morgan fingerprint density at radius 2 is 1.88 bits per heavy atom. The van der Waals surface area contributed by atoms with E-state index < -0.39 is 17.7 Å². The lowest BCUT2D eigenvalue weighted by Gasteiger charge is -2.09. The molecule has 0 spiro atoms. The number of thiazole rings is 1. The van der Waals surface area contributed by atoms with E-state index in [0.29, 0.717) is 5.82 Å². The second-order valence-electron chi connectivity index (χ2n) is 4.89. The molecular formula is C16H12F2N4O2S. The van der Waals surface area contributed by atoms with Crippen LogP contribution in [-0.4, -0.2) is 16.1 Å². The molecule has 1 amide bonds. The Labute approximate surface area is 145 Å². The van der Waals surface area contributed by atoms with Gasteiger partial charge in [0, 0.05) is 5.69 Å². The summed E-state index contributed by atoms with van der Waals surface area (Å²) in [7, 11) is 0. The molecule has 3 aromatic rings. The molecule has 0 fully saturated rings. The lowest BCUT2D eigenvalue weighted by molar-refractivity contribution is 0.214. The SMILES string of the molecule is Cc1cccc(NC(=O)Oc2ncsc2Nc2c(F)cccc2F)n1. The van der Waals surface area contributed by atoms with Crippen molar-refractivity contribution in [3.8, 4) is 5.88 Å². The van der Waals surface area contributed by atoms with Crippen LogP contribution in [0, 0.1) is 18.6 Å². The molecule has 2 heterocycles. The lowest BCUT2D eigenvalue weighted by atomic mass is 10.3. The summed E-state index contributed by atoms with van der Waals surface area (Å²) in [5, 5.41) is 5.20. The molecule has 9 heteroatoms. The van der Waals surface area contributed by atoms with Gasteiger partial charge in [0.05, 0.1) is 5.51 Å². The molecule has 0 radical (unpaired) electrons. The minimum absolute atomic E-state index is 0.0993. The molecule has 0 aliphatic heterocycles. The number of ether oxygens (including phenoxy) is 1. The summed E-state index contributed by atoms with van der Waals surface area (Å²) >= 11 is 1.04. The van der Waals surface area contributed by atoms with Crippen molar-refractivity contribution < 1.29 is 18.3 Å². The summed E-state index contributed by atoms with van der Waals surface area (Å²) < 4.78 is 32.5. The molecule has 3 rings (SSSR count). The Morgan fingerprint density at radius 3 is 2.60 bits per heavy atom. The highest BCUT2D eigenvalue weighted by atomic mass is 32.1. The molecule has 6 nitrogen and oxygen atoms in total. The van der Waals surface area contributed by atoms with Crippen molar-refractivity contribution in [3.05, 3.63) is 59.2 Å². The van der Waals surface area contributed by atoms with E-state index in [0.717, 1.165) is 29.2 Å². The first-order valence-corrected chi connectivity index (χ1v) is 7.98. The molecule has 0 bridgehead atoms. The number of halogens is 2. The van der Waals surface area contributed by atoms with Crippen LogP contribution in [0.15, 0.2) is 41.9 Å². The van der Waals surface area contributed by atoms with Crippen molar-refractivity contribution in [1.29, 1.82) is 0 Å². The average molecular weight is 362 g/mol. The van der Waals surface area contributed by atoms with Crippen LogP contribution in [0.4, 0.5) is 30.1 Å². The maximum Gasteiger partial charge on any atom is 0.419 e. The summed E-state index contributed by atoms with van der Waals surface area (Å²) in [5.41, 5.74) is 1.76. The third-order valence-corrected chi connectivity index (χ3v) is 3.77. The molecule has 0 unspecified atom stereocenters. The largest absolute Gasteiger partial charge is 0.419 e. The smallest absolute Gasteiger partial charge is 0.388 e. The zero-order chi connectivity index (χ0) is 17.8. The Kier molecular flexibility index (Phi) is 4.85. The number of aromatic nitrogens is 2. The van der Waals surface area contributed by atoms with Crippen LogP contribution in [0.25, 0.3) is 0 Å². The van der Waals surface area contributed by atoms with Gasteiger partial charge in [0.2, 0.25) is 0 Å². The number of carbonyl (C=O) groups is 1. The number of amides is 1. The van der Waals surface area contributed by atoms with Crippen molar-refractivity contribution in [1.82, 2.24) is 9.97 Å². The fourth-order valence-corrected chi connectivity index (χ4v) is 2.56. The molecule has 2 aromatic heterocycles. The Balaban J connectivity index is 1.72. The number of anilines is 3. The predicted octanol–water partition coefficient (Wildman–Crippen LogP) is 4.48. The summed E-state index contributed by atoms with van der Waals surface area (Å²) in [6.45, 7) is 1.78. The first-order valence-electron chi connectivity index (χ1n) is 7.10. The first-order chi connectivity index (χ1) is 12.0. The zero-order valence-corrected chi connectivity index (χ0v) is 13.7. The number of pyridine rings is 1. The third-order valence-electron chi connectivity index (χ3n) is 3.04. The summed E-state index contributed by atoms with van der Waals surface area (Å²) in [5.74, 6) is -1.33. The van der Waals surface area contributed by atoms with E-state index in [1.165, 1.54) is 11.6 Å². The second-order valence-corrected chi connectivity index (χ2v) is 5.74. The van der Waals surface area contributed by atoms with Crippen LogP contribution < -0.4 is 15.4 Å². The van der Waals surface area contributed by atoms with Gasteiger partial charge in [-0.2, -0.15) is 0 Å². The Bertz CT molecular complexity index is 896. The van der Waals surface area contributed by atoms with Crippen LogP contribution in [0.3, 0.4) is 0 Å². The highest BCUT2D eigenvalue weighted by Gasteiger charge is 2.16. The van der Waals surface area contributed by atoms with Gasteiger partial charge in [-0.05, 0) is 31.2 Å². The zero-order valence-electron chi connectivity index (χ0n) is 12.9. The molecule has 25 heavy (non-hydrogen) atoms. The number of para-hydroxylation sites is 1. The van der Waals surface area contributed by atoms with Crippen molar-refractivity contribution in [2.24, 2.45) is 0 Å². The van der Waals surface area contributed by atoms with E-state index in [2.05, 4.69) is 20.6 Å². The van der Waals surface area contributed by atoms with E-state index in [1.54, 1.807) is 25.1 Å². The van der Waals surface area contributed by atoms with Crippen LogP contribution in [-0.2, 0) is 0 Å². The Morgan fingerprint density at radius 1 is 1.16 bits per heavy atom. The van der Waals surface area contributed by atoms with Gasteiger partial charge in [0.15, 0.2) is 5.00 Å². The minimum Gasteiger partial charge on any atom is -0.388 e. The van der Waals surface area contributed by atoms with E-state index in [4.69, 9.17) is 4.74 Å². The number of hydrogen-bond donors (Lipinski definition) is 2. The second kappa shape index (κ2) is 7.22. The fourth-order valence-electron chi connectivity index (χ4n) is 1.95.